The third-order valence-electron chi connectivity index (χ3n) is 3.98. The predicted octanol–water partition coefficient (Wildman–Crippen LogP) is 3.60. The first-order chi connectivity index (χ1) is 11.6. The minimum Gasteiger partial charge on any atom is -0.486 e. The van der Waals surface area contributed by atoms with E-state index in [2.05, 4.69) is 42.7 Å². The molecule has 2 aromatic rings. The summed E-state index contributed by atoms with van der Waals surface area (Å²) < 4.78 is 11.1. The van der Waals surface area contributed by atoms with E-state index < -0.39 is 0 Å². The number of aryl methyl sites for hydroxylation is 2. The molecule has 1 aliphatic rings. The van der Waals surface area contributed by atoms with Crippen molar-refractivity contribution < 1.29 is 9.47 Å². The van der Waals surface area contributed by atoms with Gasteiger partial charge >= 0.3 is 0 Å². The molecule has 0 radical (unpaired) electrons. The van der Waals surface area contributed by atoms with Gasteiger partial charge in [0.1, 0.15) is 13.2 Å². The zero-order chi connectivity index (χ0) is 16.9. The van der Waals surface area contributed by atoms with E-state index in [-0.39, 0.29) is 0 Å². The Morgan fingerprint density at radius 2 is 1.83 bits per heavy atom. The maximum absolute atomic E-state index is 5.58. The first kappa shape index (κ1) is 16.6. The van der Waals surface area contributed by atoms with E-state index in [1.807, 2.05) is 18.2 Å². The van der Waals surface area contributed by atoms with Crippen LogP contribution in [0.4, 0.5) is 5.69 Å². The quantitative estimate of drug-likeness (QED) is 0.831. The normalized spacial score (nSPS) is 12.6. The Bertz CT molecular complexity index is 746. The van der Waals surface area contributed by atoms with Crippen LogP contribution in [0, 0.1) is 13.8 Å². The molecule has 4 nitrogen and oxygen atoms in total. The minimum atomic E-state index is 0.578. The molecule has 126 valence electrons. The van der Waals surface area contributed by atoms with Gasteiger partial charge in [-0.1, -0.05) is 23.8 Å². The van der Waals surface area contributed by atoms with Gasteiger partial charge < -0.3 is 20.1 Å². The molecule has 1 aliphatic heterocycles. The highest BCUT2D eigenvalue weighted by molar-refractivity contribution is 7.80. The van der Waals surface area contributed by atoms with Crippen molar-refractivity contribution in [3.8, 4) is 11.5 Å². The monoisotopic (exact) mass is 342 g/mol. The van der Waals surface area contributed by atoms with Crippen LogP contribution < -0.4 is 20.1 Å². The lowest BCUT2D eigenvalue weighted by atomic mass is 10.0. The van der Waals surface area contributed by atoms with Crippen molar-refractivity contribution in [3.63, 3.8) is 0 Å². The number of hydrogen-bond acceptors (Lipinski definition) is 3. The summed E-state index contributed by atoms with van der Waals surface area (Å²) >= 11 is 5.37. The van der Waals surface area contributed by atoms with Gasteiger partial charge in [-0.3, -0.25) is 0 Å². The van der Waals surface area contributed by atoms with Crippen LogP contribution in [0.3, 0.4) is 0 Å². The molecule has 0 saturated heterocycles. The van der Waals surface area contributed by atoms with Crippen molar-refractivity contribution in [2.75, 3.05) is 25.1 Å². The first-order valence-corrected chi connectivity index (χ1v) is 8.53. The van der Waals surface area contributed by atoms with E-state index >= 15 is 0 Å². The van der Waals surface area contributed by atoms with Crippen LogP contribution in [0.15, 0.2) is 36.4 Å². The topological polar surface area (TPSA) is 42.5 Å². The Kier molecular flexibility index (Phi) is 5.20. The standard InChI is InChI=1S/C19H22N2O2S/c1-13-3-4-15(14(2)11-13)7-8-20-19(24)21-16-5-6-17-18(12-16)23-10-9-22-17/h3-6,11-12H,7-10H2,1-2H3,(H2,20,21,24). The molecular weight excluding hydrogens is 320 g/mol. The highest BCUT2D eigenvalue weighted by Gasteiger charge is 2.12. The maximum atomic E-state index is 5.58. The van der Waals surface area contributed by atoms with Crippen molar-refractivity contribution in [1.29, 1.82) is 0 Å². The lowest BCUT2D eigenvalue weighted by molar-refractivity contribution is 0.171. The molecule has 0 aromatic heterocycles. The van der Waals surface area contributed by atoms with Crippen LogP contribution in [0.1, 0.15) is 16.7 Å². The maximum Gasteiger partial charge on any atom is 0.170 e. The summed E-state index contributed by atoms with van der Waals surface area (Å²) in [5, 5.41) is 7.04. The van der Waals surface area contributed by atoms with E-state index in [0.29, 0.717) is 18.3 Å². The average Bonchev–Trinajstić information content (AvgIpc) is 2.57. The summed E-state index contributed by atoms with van der Waals surface area (Å²) in [6.45, 7) is 6.23. The van der Waals surface area contributed by atoms with Gasteiger partial charge in [0.05, 0.1) is 0 Å². The highest BCUT2D eigenvalue weighted by Crippen LogP contribution is 2.32. The van der Waals surface area contributed by atoms with Crippen molar-refractivity contribution in [3.05, 3.63) is 53.1 Å². The van der Waals surface area contributed by atoms with E-state index in [4.69, 9.17) is 21.7 Å². The average molecular weight is 342 g/mol. The van der Waals surface area contributed by atoms with Gasteiger partial charge in [0.2, 0.25) is 0 Å². The number of fused-ring (bicyclic) bond motifs is 1. The molecular formula is C19H22N2O2S. The molecule has 3 rings (SSSR count). The van der Waals surface area contributed by atoms with Crippen LogP contribution in [-0.2, 0) is 6.42 Å². The van der Waals surface area contributed by atoms with Gasteiger partial charge in [-0.25, -0.2) is 0 Å². The number of hydrogen-bond donors (Lipinski definition) is 2. The summed E-state index contributed by atoms with van der Waals surface area (Å²) in [4.78, 5) is 0. The third kappa shape index (κ3) is 4.17. The summed E-state index contributed by atoms with van der Waals surface area (Å²) in [5.74, 6) is 1.53. The molecule has 0 fully saturated rings. The van der Waals surface area contributed by atoms with Crippen LogP contribution in [0.25, 0.3) is 0 Å². The van der Waals surface area contributed by atoms with Crippen molar-refractivity contribution >= 4 is 23.0 Å². The first-order valence-electron chi connectivity index (χ1n) is 8.12. The molecule has 0 saturated carbocycles. The lowest BCUT2D eigenvalue weighted by Gasteiger charge is -2.19. The van der Waals surface area contributed by atoms with Gasteiger partial charge in [0.15, 0.2) is 16.6 Å². The van der Waals surface area contributed by atoms with Gasteiger partial charge in [-0.05, 0) is 55.7 Å². The molecule has 2 N–H and O–H groups in total. The van der Waals surface area contributed by atoms with E-state index in [0.717, 1.165) is 30.2 Å². The third-order valence-corrected chi connectivity index (χ3v) is 4.22. The number of rotatable bonds is 4. The summed E-state index contributed by atoms with van der Waals surface area (Å²) in [6, 6.07) is 12.3. The summed E-state index contributed by atoms with van der Waals surface area (Å²) in [7, 11) is 0. The van der Waals surface area contributed by atoms with Crippen molar-refractivity contribution in [2.24, 2.45) is 0 Å². The Balaban J connectivity index is 1.50. The fraction of sp³-hybridized carbons (Fsp3) is 0.316. The van der Waals surface area contributed by atoms with Gasteiger partial charge in [-0.15, -0.1) is 0 Å². The largest absolute Gasteiger partial charge is 0.486 e. The number of benzene rings is 2. The molecule has 0 atom stereocenters. The van der Waals surface area contributed by atoms with Gasteiger partial charge in [-0.2, -0.15) is 0 Å². The van der Waals surface area contributed by atoms with E-state index in [9.17, 15) is 0 Å². The molecule has 0 bridgehead atoms. The highest BCUT2D eigenvalue weighted by atomic mass is 32.1. The Labute approximate surface area is 148 Å². The fourth-order valence-corrected chi connectivity index (χ4v) is 2.95. The predicted molar refractivity (Wildman–Crippen MR) is 101 cm³/mol. The molecule has 24 heavy (non-hydrogen) atoms. The molecule has 0 unspecified atom stereocenters. The second-order valence-corrected chi connectivity index (χ2v) is 6.33. The van der Waals surface area contributed by atoms with Gasteiger partial charge in [0, 0.05) is 18.3 Å². The SMILES string of the molecule is Cc1ccc(CCNC(=S)Nc2ccc3c(c2)OCCO3)c(C)c1. The van der Waals surface area contributed by atoms with Crippen molar-refractivity contribution in [1.82, 2.24) is 5.32 Å². The number of thiocarbonyl (C=S) groups is 1. The molecule has 0 amide bonds. The zero-order valence-electron chi connectivity index (χ0n) is 14.0. The Hall–Kier alpha value is -2.27. The molecule has 0 aliphatic carbocycles. The lowest BCUT2D eigenvalue weighted by Crippen LogP contribution is -2.30. The number of anilines is 1. The minimum absolute atomic E-state index is 0.578. The molecule has 0 spiro atoms. The second kappa shape index (κ2) is 7.53. The Morgan fingerprint density at radius 1 is 1.04 bits per heavy atom. The summed E-state index contributed by atoms with van der Waals surface area (Å²) in [6.07, 6.45) is 0.940. The number of ether oxygens (including phenoxy) is 2. The van der Waals surface area contributed by atoms with Crippen LogP contribution in [0.2, 0.25) is 0 Å². The summed E-state index contributed by atoms with van der Waals surface area (Å²) in [5.41, 5.74) is 4.85. The van der Waals surface area contributed by atoms with Crippen LogP contribution in [-0.4, -0.2) is 24.9 Å². The van der Waals surface area contributed by atoms with Gasteiger partial charge in [0.25, 0.3) is 0 Å². The van der Waals surface area contributed by atoms with E-state index in [1.165, 1.54) is 16.7 Å². The van der Waals surface area contributed by atoms with E-state index in [1.54, 1.807) is 0 Å². The smallest absolute Gasteiger partial charge is 0.170 e. The zero-order valence-corrected chi connectivity index (χ0v) is 14.8. The fourth-order valence-electron chi connectivity index (χ4n) is 2.73. The van der Waals surface area contributed by atoms with Crippen LogP contribution >= 0.6 is 12.2 Å². The van der Waals surface area contributed by atoms with Crippen LogP contribution in [0.5, 0.6) is 11.5 Å². The number of nitrogens with one attached hydrogen (secondary N) is 2. The second-order valence-electron chi connectivity index (χ2n) is 5.92. The Morgan fingerprint density at radius 3 is 2.62 bits per heavy atom. The molecule has 5 heteroatoms. The molecule has 1 heterocycles. The van der Waals surface area contributed by atoms with Crippen molar-refractivity contribution in [2.45, 2.75) is 20.3 Å². The molecule has 2 aromatic carbocycles.